The summed E-state index contributed by atoms with van der Waals surface area (Å²) in [6.45, 7) is 2.63. The highest BCUT2D eigenvalue weighted by molar-refractivity contribution is 6.07. The van der Waals surface area contributed by atoms with Crippen LogP contribution in [0.2, 0.25) is 0 Å². The summed E-state index contributed by atoms with van der Waals surface area (Å²) >= 11 is 0. The molecule has 166 valence electrons. The van der Waals surface area contributed by atoms with Gasteiger partial charge in [0.2, 0.25) is 0 Å². The van der Waals surface area contributed by atoms with Gasteiger partial charge in [-0.2, -0.15) is 0 Å². The maximum Gasteiger partial charge on any atom is 0.261 e. The Morgan fingerprint density at radius 2 is 1.72 bits per heavy atom. The lowest BCUT2D eigenvalue weighted by atomic mass is 10.1. The van der Waals surface area contributed by atoms with Crippen LogP contribution in [-0.2, 0) is 13.0 Å². The first kappa shape index (κ1) is 20.7. The van der Waals surface area contributed by atoms with Gasteiger partial charge in [0.1, 0.15) is 5.82 Å². The van der Waals surface area contributed by atoms with Crippen molar-refractivity contribution in [2.24, 2.45) is 0 Å². The lowest BCUT2D eigenvalue weighted by Gasteiger charge is -2.29. The second-order valence-corrected chi connectivity index (χ2v) is 8.76. The van der Waals surface area contributed by atoms with E-state index in [9.17, 15) is 9.59 Å². The van der Waals surface area contributed by atoms with E-state index in [-0.39, 0.29) is 11.5 Å². The summed E-state index contributed by atoms with van der Waals surface area (Å²) in [5.74, 6) is 1.44. The van der Waals surface area contributed by atoms with Gasteiger partial charge in [0.05, 0.1) is 16.6 Å². The van der Waals surface area contributed by atoms with Gasteiger partial charge in [0, 0.05) is 37.8 Å². The Balaban J connectivity index is 1.44. The Kier molecular flexibility index (Phi) is 5.88. The zero-order valence-electron chi connectivity index (χ0n) is 18.3. The predicted molar refractivity (Wildman–Crippen MR) is 126 cm³/mol. The van der Waals surface area contributed by atoms with Gasteiger partial charge in [-0.1, -0.05) is 12.8 Å². The smallest absolute Gasteiger partial charge is 0.261 e. The van der Waals surface area contributed by atoms with Gasteiger partial charge in [-0.15, -0.1) is 0 Å². The van der Waals surface area contributed by atoms with Crippen LogP contribution in [0.5, 0.6) is 0 Å². The van der Waals surface area contributed by atoms with Gasteiger partial charge < -0.3 is 10.2 Å². The molecule has 0 saturated carbocycles. The molecule has 0 unspecified atom stereocenters. The Hall–Kier alpha value is -3.22. The highest BCUT2D eigenvalue weighted by atomic mass is 16.1. The Morgan fingerprint density at radius 1 is 0.938 bits per heavy atom. The molecule has 2 aromatic heterocycles. The van der Waals surface area contributed by atoms with Crippen LogP contribution in [0.25, 0.3) is 10.9 Å². The molecule has 5 rings (SSSR count). The number of amides is 1. The minimum absolute atomic E-state index is 0.00139. The molecule has 1 N–H and O–H groups in total. The Morgan fingerprint density at radius 3 is 2.59 bits per heavy atom. The number of piperidine rings is 1. The van der Waals surface area contributed by atoms with Crippen molar-refractivity contribution in [3.8, 4) is 0 Å². The van der Waals surface area contributed by atoms with Crippen LogP contribution in [-0.4, -0.2) is 33.5 Å². The number of carbonyl (C=O) groups excluding carboxylic acids is 1. The van der Waals surface area contributed by atoms with Crippen molar-refractivity contribution >= 4 is 28.3 Å². The monoisotopic (exact) mass is 431 g/mol. The van der Waals surface area contributed by atoms with E-state index in [2.05, 4.69) is 15.2 Å². The van der Waals surface area contributed by atoms with Crippen molar-refractivity contribution in [1.82, 2.24) is 14.5 Å². The third-order valence-electron chi connectivity index (χ3n) is 6.52. The maximum atomic E-state index is 13.1. The lowest BCUT2D eigenvalue weighted by Crippen LogP contribution is -2.31. The number of rotatable bonds is 3. The van der Waals surface area contributed by atoms with E-state index in [0.29, 0.717) is 22.2 Å². The second-order valence-electron chi connectivity index (χ2n) is 8.76. The van der Waals surface area contributed by atoms with Crippen LogP contribution in [0.3, 0.4) is 0 Å². The number of fused-ring (bicyclic) bond motifs is 2. The fourth-order valence-corrected chi connectivity index (χ4v) is 4.78. The number of nitrogens with zero attached hydrogens (tertiary/aromatic N) is 4. The molecule has 32 heavy (non-hydrogen) atoms. The van der Waals surface area contributed by atoms with E-state index in [1.807, 2.05) is 16.7 Å². The van der Waals surface area contributed by atoms with E-state index in [1.54, 1.807) is 24.4 Å². The molecule has 7 heteroatoms. The molecule has 2 aliphatic heterocycles. The Bertz CT molecular complexity index is 1200. The predicted octanol–water partition coefficient (Wildman–Crippen LogP) is 4.15. The first-order valence-electron chi connectivity index (χ1n) is 11.8. The lowest BCUT2D eigenvalue weighted by molar-refractivity contribution is 0.102. The molecule has 3 aromatic rings. The number of benzene rings is 1. The summed E-state index contributed by atoms with van der Waals surface area (Å²) in [4.78, 5) is 37.7. The van der Waals surface area contributed by atoms with E-state index in [1.165, 1.54) is 12.8 Å². The Labute approximate surface area is 187 Å². The zero-order chi connectivity index (χ0) is 21.9. The van der Waals surface area contributed by atoms with E-state index in [0.717, 1.165) is 69.8 Å². The van der Waals surface area contributed by atoms with Crippen molar-refractivity contribution in [3.05, 3.63) is 58.3 Å². The molecule has 0 spiro atoms. The topological polar surface area (TPSA) is 80.1 Å². The van der Waals surface area contributed by atoms with Gasteiger partial charge >= 0.3 is 0 Å². The number of hydrogen-bond acceptors (Lipinski definition) is 5. The number of hydrogen-bond donors (Lipinski definition) is 1. The SMILES string of the molecule is O=C(Nc1cccnc1N1CCCCC1)c1ccc2c(=O)n3c(nc2c1)CCCCCC3. The molecule has 1 saturated heterocycles. The molecule has 0 atom stereocenters. The highest BCUT2D eigenvalue weighted by Crippen LogP contribution is 2.26. The molecule has 0 aliphatic carbocycles. The summed E-state index contributed by atoms with van der Waals surface area (Å²) in [5, 5.41) is 3.60. The molecule has 1 amide bonds. The highest BCUT2D eigenvalue weighted by Gasteiger charge is 2.19. The summed E-state index contributed by atoms with van der Waals surface area (Å²) in [7, 11) is 0. The van der Waals surface area contributed by atoms with Gasteiger partial charge in [-0.05, 0) is 62.4 Å². The minimum atomic E-state index is -0.216. The van der Waals surface area contributed by atoms with Gasteiger partial charge in [-0.25, -0.2) is 9.97 Å². The molecule has 7 nitrogen and oxygen atoms in total. The third kappa shape index (κ3) is 4.11. The number of carbonyl (C=O) groups is 1. The molecule has 1 fully saturated rings. The van der Waals surface area contributed by atoms with E-state index < -0.39 is 0 Å². The van der Waals surface area contributed by atoms with Gasteiger partial charge in [0.15, 0.2) is 5.82 Å². The minimum Gasteiger partial charge on any atom is -0.355 e. The molecular formula is C25H29N5O2. The van der Waals surface area contributed by atoms with Crippen LogP contribution in [0.15, 0.2) is 41.3 Å². The standard InChI is InChI=1S/C25H29N5O2/c31-24(28-20-9-8-13-26-23(20)29-14-5-3-6-15-29)18-11-12-19-21(17-18)27-22-10-4-1-2-7-16-30(22)25(19)32/h8-9,11-13,17H,1-7,10,14-16H2,(H,28,31). The van der Waals surface area contributed by atoms with Gasteiger partial charge in [0.25, 0.3) is 11.5 Å². The van der Waals surface area contributed by atoms with Gasteiger partial charge in [-0.3, -0.25) is 14.2 Å². The third-order valence-corrected chi connectivity index (χ3v) is 6.52. The van der Waals surface area contributed by atoms with Crippen molar-refractivity contribution < 1.29 is 4.79 Å². The second kappa shape index (κ2) is 9.10. The summed E-state index contributed by atoms with van der Waals surface area (Å²) in [5.41, 5.74) is 1.80. The maximum absolute atomic E-state index is 13.1. The fraction of sp³-hybridized carbons (Fsp3) is 0.440. The van der Waals surface area contributed by atoms with Crippen LogP contribution in [0.1, 0.15) is 61.1 Å². The number of pyridine rings is 1. The zero-order valence-corrected chi connectivity index (χ0v) is 18.3. The van der Waals surface area contributed by atoms with E-state index in [4.69, 9.17) is 4.98 Å². The first-order valence-corrected chi connectivity index (χ1v) is 11.8. The fourth-order valence-electron chi connectivity index (χ4n) is 4.78. The largest absolute Gasteiger partial charge is 0.355 e. The van der Waals surface area contributed by atoms with E-state index >= 15 is 0 Å². The molecule has 4 heterocycles. The first-order chi connectivity index (χ1) is 15.7. The molecule has 1 aromatic carbocycles. The summed E-state index contributed by atoms with van der Waals surface area (Å²) < 4.78 is 1.82. The van der Waals surface area contributed by atoms with Crippen LogP contribution < -0.4 is 15.8 Å². The van der Waals surface area contributed by atoms with Crippen molar-refractivity contribution in [2.45, 2.75) is 57.9 Å². The van der Waals surface area contributed by atoms with Crippen LogP contribution in [0.4, 0.5) is 11.5 Å². The van der Waals surface area contributed by atoms with Crippen molar-refractivity contribution in [3.63, 3.8) is 0 Å². The van der Waals surface area contributed by atoms with Crippen molar-refractivity contribution in [2.75, 3.05) is 23.3 Å². The average molecular weight is 432 g/mol. The van der Waals surface area contributed by atoms with Crippen molar-refractivity contribution in [1.29, 1.82) is 0 Å². The van der Waals surface area contributed by atoms with Crippen LogP contribution >= 0.6 is 0 Å². The number of aromatic nitrogens is 3. The summed E-state index contributed by atoms with van der Waals surface area (Å²) in [6.07, 6.45) is 10.4. The number of nitrogens with one attached hydrogen (secondary N) is 1. The molecule has 0 bridgehead atoms. The molecular weight excluding hydrogens is 402 g/mol. The molecule has 0 radical (unpaired) electrons. The summed E-state index contributed by atoms with van der Waals surface area (Å²) in [6, 6.07) is 8.92. The average Bonchev–Trinajstić information content (AvgIpc) is 2.81. The number of anilines is 2. The normalized spacial score (nSPS) is 16.8. The number of aryl methyl sites for hydroxylation is 1. The quantitative estimate of drug-likeness (QED) is 0.674. The molecule has 2 aliphatic rings. The van der Waals surface area contributed by atoms with Crippen LogP contribution in [0, 0.1) is 0 Å².